The van der Waals surface area contributed by atoms with Gasteiger partial charge in [-0.15, -0.1) is 0 Å². The van der Waals surface area contributed by atoms with Gasteiger partial charge in [0.25, 0.3) is 0 Å². The van der Waals surface area contributed by atoms with E-state index < -0.39 is 0 Å². The van der Waals surface area contributed by atoms with Crippen LogP contribution < -0.4 is 5.32 Å². The van der Waals surface area contributed by atoms with Crippen molar-refractivity contribution in [2.24, 2.45) is 11.8 Å². The van der Waals surface area contributed by atoms with Gasteiger partial charge in [0.15, 0.2) is 0 Å². The summed E-state index contributed by atoms with van der Waals surface area (Å²) in [5.41, 5.74) is 0.164. The van der Waals surface area contributed by atoms with E-state index in [-0.39, 0.29) is 5.60 Å². The van der Waals surface area contributed by atoms with E-state index in [1.165, 1.54) is 32.2 Å². The lowest BCUT2D eigenvalue weighted by Crippen LogP contribution is -2.44. The van der Waals surface area contributed by atoms with Gasteiger partial charge in [0.2, 0.25) is 0 Å². The molecule has 1 spiro atoms. The van der Waals surface area contributed by atoms with Crippen LogP contribution in [0.4, 0.5) is 0 Å². The number of rotatable bonds is 6. The zero-order chi connectivity index (χ0) is 13.6. The monoisotopic (exact) mass is 269 g/mol. The van der Waals surface area contributed by atoms with Crippen LogP contribution in [0.3, 0.4) is 0 Å². The van der Waals surface area contributed by atoms with Crippen LogP contribution >= 0.6 is 0 Å². The molecule has 3 heteroatoms. The van der Waals surface area contributed by atoms with Crippen molar-refractivity contribution in [3.05, 3.63) is 0 Å². The highest BCUT2D eigenvalue weighted by Gasteiger charge is 2.39. The maximum Gasteiger partial charge on any atom is 0.0729 e. The van der Waals surface area contributed by atoms with Crippen LogP contribution in [0.5, 0.6) is 0 Å². The molecule has 0 bridgehead atoms. The predicted molar refractivity (Wildman–Crippen MR) is 78.4 cm³/mol. The Balaban J connectivity index is 1.74. The van der Waals surface area contributed by atoms with Gasteiger partial charge in [0.05, 0.1) is 5.60 Å². The highest BCUT2D eigenvalue weighted by molar-refractivity contribution is 4.89. The second-order valence-electron chi connectivity index (χ2n) is 6.55. The molecule has 0 saturated carbocycles. The molecule has 2 fully saturated rings. The summed E-state index contributed by atoms with van der Waals surface area (Å²) >= 11 is 0. The molecule has 0 radical (unpaired) electrons. The van der Waals surface area contributed by atoms with Gasteiger partial charge in [0.1, 0.15) is 0 Å². The smallest absolute Gasteiger partial charge is 0.0729 e. The Kier molecular flexibility index (Phi) is 6.11. The average molecular weight is 269 g/mol. The summed E-state index contributed by atoms with van der Waals surface area (Å²) in [6.07, 6.45) is 7.29. The third-order valence-corrected chi connectivity index (χ3v) is 4.65. The summed E-state index contributed by atoms with van der Waals surface area (Å²) in [6.45, 7) is 9.67. The second kappa shape index (κ2) is 7.61. The van der Waals surface area contributed by atoms with E-state index in [0.29, 0.717) is 0 Å². The van der Waals surface area contributed by atoms with Crippen molar-refractivity contribution < 1.29 is 9.47 Å². The van der Waals surface area contributed by atoms with Gasteiger partial charge < -0.3 is 14.8 Å². The fourth-order valence-corrected chi connectivity index (χ4v) is 3.60. The highest BCUT2D eigenvalue weighted by Crippen LogP contribution is 2.39. The van der Waals surface area contributed by atoms with Crippen LogP contribution in [-0.4, -0.2) is 38.5 Å². The van der Waals surface area contributed by atoms with Crippen LogP contribution in [0.15, 0.2) is 0 Å². The van der Waals surface area contributed by atoms with Gasteiger partial charge in [-0.2, -0.15) is 0 Å². The third-order valence-electron chi connectivity index (χ3n) is 4.65. The molecule has 0 aromatic heterocycles. The van der Waals surface area contributed by atoms with Crippen molar-refractivity contribution in [2.75, 3.05) is 32.9 Å². The maximum absolute atomic E-state index is 6.12. The molecule has 2 heterocycles. The number of hydrogen-bond donors (Lipinski definition) is 1. The first kappa shape index (κ1) is 15.3. The minimum Gasteiger partial charge on any atom is -0.381 e. The molecule has 2 atom stereocenters. The van der Waals surface area contributed by atoms with E-state index in [9.17, 15) is 0 Å². The zero-order valence-corrected chi connectivity index (χ0v) is 12.7. The fourth-order valence-electron chi connectivity index (χ4n) is 3.60. The SMILES string of the molecule is CCCNCC(C)CC1CCOC2(CCOCC2)C1. The Morgan fingerprint density at radius 3 is 2.79 bits per heavy atom. The summed E-state index contributed by atoms with van der Waals surface area (Å²) < 4.78 is 11.6. The molecule has 2 aliphatic rings. The van der Waals surface area contributed by atoms with E-state index in [1.807, 2.05) is 0 Å². The zero-order valence-electron chi connectivity index (χ0n) is 12.7. The first-order valence-electron chi connectivity index (χ1n) is 8.16. The fraction of sp³-hybridized carbons (Fsp3) is 1.00. The van der Waals surface area contributed by atoms with Gasteiger partial charge in [0, 0.05) is 19.8 Å². The molecule has 2 rings (SSSR count). The summed E-state index contributed by atoms with van der Waals surface area (Å²) in [5, 5.41) is 3.54. The summed E-state index contributed by atoms with van der Waals surface area (Å²) in [4.78, 5) is 0. The molecule has 2 saturated heterocycles. The first-order valence-corrected chi connectivity index (χ1v) is 8.16. The molecule has 0 aliphatic carbocycles. The Hall–Kier alpha value is -0.120. The summed E-state index contributed by atoms with van der Waals surface area (Å²) in [6, 6.07) is 0. The summed E-state index contributed by atoms with van der Waals surface area (Å²) in [7, 11) is 0. The lowest BCUT2D eigenvalue weighted by atomic mass is 9.77. The molecular formula is C16H31NO2. The van der Waals surface area contributed by atoms with E-state index in [4.69, 9.17) is 9.47 Å². The molecular weight excluding hydrogens is 238 g/mol. The van der Waals surface area contributed by atoms with Crippen molar-refractivity contribution >= 4 is 0 Å². The number of nitrogens with one attached hydrogen (secondary N) is 1. The van der Waals surface area contributed by atoms with Gasteiger partial charge in [-0.1, -0.05) is 13.8 Å². The molecule has 1 N–H and O–H groups in total. The van der Waals surface area contributed by atoms with E-state index in [2.05, 4.69) is 19.2 Å². The lowest BCUT2D eigenvalue weighted by molar-refractivity contribution is -0.148. The molecule has 2 unspecified atom stereocenters. The summed E-state index contributed by atoms with van der Waals surface area (Å²) in [5.74, 6) is 1.64. The quantitative estimate of drug-likeness (QED) is 0.752. The number of hydrogen-bond acceptors (Lipinski definition) is 3. The Morgan fingerprint density at radius 1 is 1.26 bits per heavy atom. The Bertz CT molecular complexity index is 246. The van der Waals surface area contributed by atoms with Crippen molar-refractivity contribution in [3.63, 3.8) is 0 Å². The topological polar surface area (TPSA) is 30.5 Å². The molecule has 0 aromatic rings. The van der Waals surface area contributed by atoms with Crippen molar-refractivity contribution in [1.82, 2.24) is 5.32 Å². The number of ether oxygens (including phenoxy) is 2. The molecule has 19 heavy (non-hydrogen) atoms. The molecule has 0 aromatic carbocycles. The van der Waals surface area contributed by atoms with E-state index in [1.54, 1.807) is 0 Å². The van der Waals surface area contributed by atoms with Crippen molar-refractivity contribution in [3.8, 4) is 0 Å². The Labute approximate surface area is 118 Å². The standard InChI is InChI=1S/C16H31NO2/c1-3-7-17-13-14(2)11-15-4-8-19-16(12-15)5-9-18-10-6-16/h14-15,17H,3-13H2,1-2H3. The van der Waals surface area contributed by atoms with Gasteiger partial charge in [-0.3, -0.25) is 0 Å². The van der Waals surface area contributed by atoms with Crippen LogP contribution in [0.2, 0.25) is 0 Å². The highest BCUT2D eigenvalue weighted by atomic mass is 16.5. The van der Waals surface area contributed by atoms with Crippen LogP contribution in [0.1, 0.15) is 52.4 Å². The lowest BCUT2D eigenvalue weighted by Gasteiger charge is -2.44. The van der Waals surface area contributed by atoms with Gasteiger partial charge in [-0.25, -0.2) is 0 Å². The molecule has 112 valence electrons. The first-order chi connectivity index (χ1) is 9.24. The molecule has 2 aliphatic heterocycles. The van der Waals surface area contributed by atoms with Crippen molar-refractivity contribution in [2.45, 2.75) is 58.0 Å². The van der Waals surface area contributed by atoms with Gasteiger partial charge in [-0.05, 0) is 63.5 Å². The molecule has 3 nitrogen and oxygen atoms in total. The van der Waals surface area contributed by atoms with Crippen LogP contribution in [-0.2, 0) is 9.47 Å². The van der Waals surface area contributed by atoms with E-state index in [0.717, 1.165) is 51.0 Å². The molecule has 0 amide bonds. The van der Waals surface area contributed by atoms with Crippen LogP contribution in [0, 0.1) is 11.8 Å². The maximum atomic E-state index is 6.12. The minimum absolute atomic E-state index is 0.164. The van der Waals surface area contributed by atoms with Crippen LogP contribution in [0.25, 0.3) is 0 Å². The Morgan fingerprint density at radius 2 is 2.05 bits per heavy atom. The second-order valence-corrected chi connectivity index (χ2v) is 6.55. The average Bonchev–Trinajstić information content (AvgIpc) is 2.40. The normalized spacial score (nSPS) is 28.4. The third kappa shape index (κ3) is 4.73. The minimum atomic E-state index is 0.164. The van der Waals surface area contributed by atoms with E-state index >= 15 is 0 Å². The predicted octanol–water partition coefficient (Wildman–Crippen LogP) is 2.99. The largest absolute Gasteiger partial charge is 0.381 e. The van der Waals surface area contributed by atoms with Crippen molar-refractivity contribution in [1.29, 1.82) is 0 Å². The van der Waals surface area contributed by atoms with Gasteiger partial charge >= 0.3 is 0 Å².